The van der Waals surface area contributed by atoms with Crippen LogP contribution in [-0.4, -0.2) is 17.9 Å². The predicted octanol–water partition coefficient (Wildman–Crippen LogP) is 6.61. The van der Waals surface area contributed by atoms with Crippen molar-refractivity contribution in [3.8, 4) is 5.75 Å². The highest BCUT2D eigenvalue weighted by atomic mass is 35.5. The lowest BCUT2D eigenvalue weighted by Gasteiger charge is -2.33. The SMILES string of the molecule is CC1Oc2ccc(NC(=O)/C=C/c3ccc(Cl)cc3Cl)cc2N(Cc2ccc(Cl)cc2)C1=O. The van der Waals surface area contributed by atoms with Crippen molar-refractivity contribution < 1.29 is 14.3 Å². The van der Waals surface area contributed by atoms with Gasteiger partial charge in [0.25, 0.3) is 5.91 Å². The lowest BCUT2D eigenvalue weighted by molar-refractivity contribution is -0.125. The molecule has 1 unspecified atom stereocenters. The van der Waals surface area contributed by atoms with Gasteiger partial charge in [-0.05, 0) is 66.6 Å². The monoisotopic (exact) mass is 500 g/mol. The number of hydrogen-bond donors (Lipinski definition) is 1. The molecule has 0 spiro atoms. The number of fused-ring (bicyclic) bond motifs is 1. The Labute approximate surface area is 206 Å². The predicted molar refractivity (Wildman–Crippen MR) is 133 cm³/mol. The second-order valence-corrected chi connectivity index (χ2v) is 8.76. The van der Waals surface area contributed by atoms with Crippen LogP contribution in [0.15, 0.2) is 66.7 Å². The van der Waals surface area contributed by atoms with E-state index in [1.165, 1.54) is 6.08 Å². The molecular formula is C25H19Cl3N2O3. The van der Waals surface area contributed by atoms with Crippen molar-refractivity contribution in [3.63, 3.8) is 0 Å². The Bertz CT molecular complexity index is 1240. The van der Waals surface area contributed by atoms with E-state index in [0.29, 0.717) is 44.3 Å². The molecule has 0 radical (unpaired) electrons. The van der Waals surface area contributed by atoms with Gasteiger partial charge < -0.3 is 15.0 Å². The molecular weight excluding hydrogens is 483 g/mol. The summed E-state index contributed by atoms with van der Waals surface area (Å²) in [4.78, 5) is 27.0. The number of nitrogens with one attached hydrogen (secondary N) is 1. The van der Waals surface area contributed by atoms with Crippen LogP contribution in [0.25, 0.3) is 6.08 Å². The average Bonchev–Trinajstić information content (AvgIpc) is 2.78. The number of carbonyl (C=O) groups is 2. The second-order valence-electron chi connectivity index (χ2n) is 7.48. The first-order valence-electron chi connectivity index (χ1n) is 10.1. The van der Waals surface area contributed by atoms with Gasteiger partial charge >= 0.3 is 0 Å². The summed E-state index contributed by atoms with van der Waals surface area (Å²) in [5.41, 5.74) is 2.70. The molecule has 0 saturated carbocycles. The van der Waals surface area contributed by atoms with Crippen LogP contribution in [0, 0.1) is 0 Å². The zero-order valence-corrected chi connectivity index (χ0v) is 19.8. The summed E-state index contributed by atoms with van der Waals surface area (Å²) >= 11 is 18.0. The van der Waals surface area contributed by atoms with Crippen molar-refractivity contribution >= 4 is 64.1 Å². The Kier molecular flexibility index (Phi) is 6.94. The molecule has 2 amide bonds. The van der Waals surface area contributed by atoms with Gasteiger partial charge in [0.05, 0.1) is 12.2 Å². The van der Waals surface area contributed by atoms with E-state index in [1.807, 2.05) is 12.1 Å². The average molecular weight is 502 g/mol. The molecule has 8 heteroatoms. The third-order valence-corrected chi connectivity index (χ3v) is 5.88. The number of amides is 2. The largest absolute Gasteiger partial charge is 0.479 e. The molecule has 4 rings (SSSR count). The fourth-order valence-corrected chi connectivity index (χ4v) is 4.00. The zero-order chi connectivity index (χ0) is 23.5. The Morgan fingerprint density at radius 3 is 2.48 bits per heavy atom. The quantitative estimate of drug-likeness (QED) is 0.400. The molecule has 5 nitrogen and oxygen atoms in total. The van der Waals surface area contributed by atoms with E-state index < -0.39 is 6.10 Å². The van der Waals surface area contributed by atoms with Gasteiger partial charge in [0.15, 0.2) is 6.10 Å². The first-order chi connectivity index (χ1) is 15.8. The van der Waals surface area contributed by atoms with Gasteiger partial charge in [-0.1, -0.05) is 53.0 Å². The fraction of sp³-hybridized carbons (Fsp3) is 0.120. The molecule has 1 aliphatic rings. The van der Waals surface area contributed by atoms with Gasteiger partial charge in [0.2, 0.25) is 5.91 Å². The van der Waals surface area contributed by atoms with Gasteiger partial charge in [-0.2, -0.15) is 0 Å². The smallest absolute Gasteiger partial charge is 0.268 e. The molecule has 0 saturated heterocycles. The van der Waals surface area contributed by atoms with Crippen LogP contribution in [0.5, 0.6) is 5.75 Å². The van der Waals surface area contributed by atoms with Crippen LogP contribution in [-0.2, 0) is 16.1 Å². The Balaban J connectivity index is 1.54. The number of hydrogen-bond acceptors (Lipinski definition) is 3. The molecule has 0 bridgehead atoms. The summed E-state index contributed by atoms with van der Waals surface area (Å²) in [6.07, 6.45) is 2.37. The van der Waals surface area contributed by atoms with Crippen LogP contribution in [0.2, 0.25) is 15.1 Å². The van der Waals surface area contributed by atoms with Crippen molar-refractivity contribution in [2.75, 3.05) is 10.2 Å². The first-order valence-corrected chi connectivity index (χ1v) is 11.2. The summed E-state index contributed by atoms with van der Waals surface area (Å²) in [6, 6.07) is 17.5. The van der Waals surface area contributed by atoms with Gasteiger partial charge in [0, 0.05) is 26.8 Å². The number of anilines is 2. The number of benzene rings is 3. The summed E-state index contributed by atoms with van der Waals surface area (Å²) in [6.45, 7) is 2.06. The van der Waals surface area contributed by atoms with Crippen molar-refractivity contribution in [1.82, 2.24) is 0 Å². The molecule has 1 heterocycles. The summed E-state index contributed by atoms with van der Waals surface area (Å²) in [5.74, 6) is 0.0531. The van der Waals surface area contributed by atoms with Crippen molar-refractivity contribution in [2.24, 2.45) is 0 Å². The molecule has 1 aliphatic heterocycles. The number of carbonyl (C=O) groups excluding carboxylic acids is 2. The van der Waals surface area contributed by atoms with Crippen LogP contribution in [0.3, 0.4) is 0 Å². The van der Waals surface area contributed by atoms with Crippen LogP contribution >= 0.6 is 34.8 Å². The third kappa shape index (κ3) is 5.50. The van der Waals surface area contributed by atoms with Crippen molar-refractivity contribution in [2.45, 2.75) is 19.6 Å². The fourth-order valence-electron chi connectivity index (χ4n) is 3.41. The molecule has 3 aromatic carbocycles. The Morgan fingerprint density at radius 1 is 1.03 bits per heavy atom. The van der Waals surface area contributed by atoms with E-state index in [0.717, 1.165) is 5.56 Å². The van der Waals surface area contributed by atoms with E-state index in [-0.39, 0.29) is 11.8 Å². The standard InChI is InChI=1S/C25H19Cl3N2O3/c1-15-25(32)30(14-16-2-6-18(26)7-3-16)22-13-20(9-10-23(22)33-15)29-24(31)11-5-17-4-8-19(27)12-21(17)28/h2-13,15H,14H2,1H3,(H,29,31)/b11-5+. The third-order valence-electron chi connectivity index (χ3n) is 5.07. The second kappa shape index (κ2) is 9.87. The number of halogens is 3. The molecule has 0 fully saturated rings. The normalized spacial score (nSPS) is 15.3. The maximum Gasteiger partial charge on any atom is 0.268 e. The Morgan fingerprint density at radius 2 is 1.76 bits per heavy atom. The maximum atomic E-state index is 12.9. The maximum absolute atomic E-state index is 12.9. The van der Waals surface area contributed by atoms with E-state index >= 15 is 0 Å². The number of ether oxygens (including phenoxy) is 1. The van der Waals surface area contributed by atoms with Gasteiger partial charge in [-0.15, -0.1) is 0 Å². The Hall–Kier alpha value is -2.99. The van der Waals surface area contributed by atoms with Crippen molar-refractivity contribution in [3.05, 3.63) is 92.9 Å². The zero-order valence-electron chi connectivity index (χ0n) is 17.5. The van der Waals surface area contributed by atoms with Gasteiger partial charge in [-0.25, -0.2) is 0 Å². The topological polar surface area (TPSA) is 58.6 Å². The van der Waals surface area contributed by atoms with Crippen LogP contribution < -0.4 is 15.0 Å². The van der Waals surface area contributed by atoms with Crippen molar-refractivity contribution in [1.29, 1.82) is 0 Å². The molecule has 33 heavy (non-hydrogen) atoms. The molecule has 0 aliphatic carbocycles. The summed E-state index contributed by atoms with van der Waals surface area (Å²) in [7, 11) is 0. The highest BCUT2D eigenvalue weighted by molar-refractivity contribution is 6.35. The summed E-state index contributed by atoms with van der Waals surface area (Å²) < 4.78 is 5.75. The van der Waals surface area contributed by atoms with Gasteiger partial charge in [-0.3, -0.25) is 9.59 Å². The first kappa shape index (κ1) is 23.2. The number of rotatable bonds is 5. The van der Waals surface area contributed by atoms with Crippen LogP contribution in [0.4, 0.5) is 11.4 Å². The minimum Gasteiger partial charge on any atom is -0.479 e. The lowest BCUT2D eigenvalue weighted by Crippen LogP contribution is -2.44. The van der Waals surface area contributed by atoms with E-state index in [2.05, 4.69) is 5.32 Å². The lowest BCUT2D eigenvalue weighted by atomic mass is 10.1. The minimum absolute atomic E-state index is 0.168. The van der Waals surface area contributed by atoms with Gasteiger partial charge in [0.1, 0.15) is 5.75 Å². The molecule has 0 aromatic heterocycles. The van der Waals surface area contributed by atoms with E-state index in [9.17, 15) is 9.59 Å². The molecule has 1 atom stereocenters. The highest BCUT2D eigenvalue weighted by Gasteiger charge is 2.31. The molecule has 168 valence electrons. The summed E-state index contributed by atoms with van der Waals surface area (Å²) in [5, 5.41) is 4.39. The van der Waals surface area contributed by atoms with Crippen LogP contribution in [0.1, 0.15) is 18.1 Å². The molecule has 1 N–H and O–H groups in total. The van der Waals surface area contributed by atoms with E-state index in [4.69, 9.17) is 39.5 Å². The number of nitrogens with zero attached hydrogens (tertiary/aromatic N) is 1. The molecule has 3 aromatic rings. The minimum atomic E-state index is -0.614. The van der Waals surface area contributed by atoms with E-state index in [1.54, 1.807) is 66.4 Å². The highest BCUT2D eigenvalue weighted by Crippen LogP contribution is 2.37.